The SMILES string of the molecule is CNS(=O)(=O)c1ccc(CCC(=O)Nc2cccc3c2ccn3C)cc1. The van der Waals surface area contributed by atoms with Gasteiger partial charge in [-0.05, 0) is 49.4 Å². The predicted molar refractivity (Wildman–Crippen MR) is 103 cm³/mol. The number of carbonyl (C=O) groups is 1. The molecular weight excluding hydrogens is 350 g/mol. The molecule has 2 aromatic carbocycles. The van der Waals surface area contributed by atoms with E-state index in [1.165, 1.54) is 7.05 Å². The average molecular weight is 371 g/mol. The summed E-state index contributed by atoms with van der Waals surface area (Å²) in [6.45, 7) is 0. The Morgan fingerprint density at radius 2 is 1.81 bits per heavy atom. The van der Waals surface area contributed by atoms with Crippen LogP contribution >= 0.6 is 0 Å². The number of anilines is 1. The lowest BCUT2D eigenvalue weighted by molar-refractivity contribution is -0.116. The number of nitrogens with zero attached hydrogens (tertiary/aromatic N) is 1. The molecule has 0 bridgehead atoms. The zero-order valence-electron chi connectivity index (χ0n) is 14.7. The first-order valence-corrected chi connectivity index (χ1v) is 9.75. The summed E-state index contributed by atoms with van der Waals surface area (Å²) in [6, 6.07) is 14.3. The summed E-state index contributed by atoms with van der Waals surface area (Å²) in [5.74, 6) is -0.0757. The molecule has 0 radical (unpaired) electrons. The summed E-state index contributed by atoms with van der Waals surface area (Å²) in [6.07, 6.45) is 2.82. The molecule has 1 aromatic heterocycles. The Balaban J connectivity index is 1.64. The van der Waals surface area contributed by atoms with E-state index in [1.807, 2.05) is 42.1 Å². The van der Waals surface area contributed by atoms with Gasteiger partial charge in [-0.2, -0.15) is 0 Å². The minimum Gasteiger partial charge on any atom is -0.350 e. The van der Waals surface area contributed by atoms with Crippen molar-refractivity contribution in [2.24, 2.45) is 7.05 Å². The molecule has 6 nitrogen and oxygen atoms in total. The van der Waals surface area contributed by atoms with Gasteiger partial charge in [0.1, 0.15) is 0 Å². The number of sulfonamides is 1. The van der Waals surface area contributed by atoms with Gasteiger partial charge in [0, 0.05) is 30.6 Å². The molecule has 0 atom stereocenters. The van der Waals surface area contributed by atoms with Crippen molar-refractivity contribution >= 4 is 32.5 Å². The summed E-state index contributed by atoms with van der Waals surface area (Å²) in [5.41, 5.74) is 2.76. The number of fused-ring (bicyclic) bond motifs is 1. The number of carbonyl (C=O) groups excluding carboxylic acids is 1. The average Bonchev–Trinajstić information content (AvgIpc) is 3.03. The maximum absolute atomic E-state index is 12.3. The molecule has 3 rings (SSSR count). The van der Waals surface area contributed by atoms with Crippen LogP contribution in [0.3, 0.4) is 0 Å². The van der Waals surface area contributed by atoms with Crippen LogP contribution < -0.4 is 10.0 Å². The number of rotatable bonds is 6. The Morgan fingerprint density at radius 3 is 2.50 bits per heavy atom. The number of hydrogen-bond donors (Lipinski definition) is 2. The van der Waals surface area contributed by atoms with Crippen molar-refractivity contribution in [3.63, 3.8) is 0 Å². The van der Waals surface area contributed by atoms with Crippen LogP contribution in [0.15, 0.2) is 59.6 Å². The highest BCUT2D eigenvalue weighted by molar-refractivity contribution is 7.89. The van der Waals surface area contributed by atoms with Crippen LogP contribution in [-0.2, 0) is 28.3 Å². The zero-order valence-corrected chi connectivity index (χ0v) is 15.5. The lowest BCUT2D eigenvalue weighted by Gasteiger charge is -2.08. The Hall–Kier alpha value is -2.64. The fraction of sp³-hybridized carbons (Fsp3) is 0.211. The van der Waals surface area contributed by atoms with Gasteiger partial charge in [-0.15, -0.1) is 0 Å². The summed E-state index contributed by atoms with van der Waals surface area (Å²) >= 11 is 0. The first-order chi connectivity index (χ1) is 12.4. The van der Waals surface area contributed by atoms with E-state index < -0.39 is 10.0 Å². The van der Waals surface area contributed by atoms with Crippen molar-refractivity contribution in [2.75, 3.05) is 12.4 Å². The maximum Gasteiger partial charge on any atom is 0.240 e. The fourth-order valence-electron chi connectivity index (χ4n) is 2.84. The van der Waals surface area contributed by atoms with Crippen LogP contribution in [0.4, 0.5) is 5.69 Å². The second kappa shape index (κ2) is 7.31. The van der Waals surface area contributed by atoms with E-state index in [-0.39, 0.29) is 10.8 Å². The van der Waals surface area contributed by atoms with E-state index in [1.54, 1.807) is 24.3 Å². The molecule has 0 aliphatic rings. The van der Waals surface area contributed by atoms with Crippen LogP contribution in [0.25, 0.3) is 10.9 Å². The Bertz CT molecular complexity index is 1040. The van der Waals surface area contributed by atoms with Crippen molar-refractivity contribution in [1.82, 2.24) is 9.29 Å². The molecule has 0 fully saturated rings. The van der Waals surface area contributed by atoms with E-state index in [9.17, 15) is 13.2 Å². The molecule has 0 saturated carbocycles. The molecule has 0 aliphatic carbocycles. The molecule has 7 heteroatoms. The van der Waals surface area contributed by atoms with Crippen molar-refractivity contribution < 1.29 is 13.2 Å². The molecule has 3 aromatic rings. The van der Waals surface area contributed by atoms with E-state index in [2.05, 4.69) is 10.0 Å². The second-order valence-corrected chi connectivity index (χ2v) is 7.95. The van der Waals surface area contributed by atoms with Gasteiger partial charge in [0.2, 0.25) is 15.9 Å². The Morgan fingerprint density at radius 1 is 1.08 bits per heavy atom. The topological polar surface area (TPSA) is 80.2 Å². The highest BCUT2D eigenvalue weighted by Crippen LogP contribution is 2.24. The third-order valence-corrected chi connectivity index (χ3v) is 5.78. The van der Waals surface area contributed by atoms with E-state index in [0.717, 1.165) is 22.2 Å². The molecule has 1 amide bonds. The van der Waals surface area contributed by atoms with Gasteiger partial charge in [0.15, 0.2) is 0 Å². The van der Waals surface area contributed by atoms with E-state index >= 15 is 0 Å². The minimum absolute atomic E-state index is 0.0757. The van der Waals surface area contributed by atoms with E-state index in [0.29, 0.717) is 12.8 Å². The predicted octanol–water partition coefficient (Wildman–Crippen LogP) is 2.66. The smallest absolute Gasteiger partial charge is 0.240 e. The number of hydrogen-bond acceptors (Lipinski definition) is 3. The third kappa shape index (κ3) is 3.79. The largest absolute Gasteiger partial charge is 0.350 e. The van der Waals surface area contributed by atoms with E-state index in [4.69, 9.17) is 0 Å². The van der Waals surface area contributed by atoms with Gasteiger partial charge in [-0.25, -0.2) is 13.1 Å². The van der Waals surface area contributed by atoms with Gasteiger partial charge in [0.25, 0.3) is 0 Å². The Labute approximate surface area is 152 Å². The number of amides is 1. The molecule has 0 aliphatic heterocycles. The normalized spacial score (nSPS) is 11.6. The molecule has 0 unspecified atom stereocenters. The first kappa shape index (κ1) is 18.2. The zero-order chi connectivity index (χ0) is 18.7. The molecule has 0 saturated heterocycles. The number of aryl methyl sites for hydroxylation is 2. The second-order valence-electron chi connectivity index (χ2n) is 6.06. The Kier molecular flexibility index (Phi) is 5.11. The highest BCUT2D eigenvalue weighted by Gasteiger charge is 2.11. The standard InChI is InChI=1S/C19H21N3O3S/c1-20-26(24,25)15-9-6-14(7-10-15)8-11-19(23)21-17-4-3-5-18-16(17)12-13-22(18)2/h3-7,9-10,12-13,20H,8,11H2,1-2H3,(H,21,23). The number of nitrogens with one attached hydrogen (secondary N) is 2. The lowest BCUT2D eigenvalue weighted by Crippen LogP contribution is -2.18. The summed E-state index contributed by atoms with van der Waals surface area (Å²) in [4.78, 5) is 12.5. The molecule has 1 heterocycles. The molecular formula is C19H21N3O3S. The van der Waals surface area contributed by atoms with Crippen molar-refractivity contribution in [3.05, 3.63) is 60.3 Å². The summed E-state index contributed by atoms with van der Waals surface area (Å²) < 4.78 is 27.7. The van der Waals surface area contributed by atoms with Crippen molar-refractivity contribution in [3.8, 4) is 0 Å². The van der Waals surface area contributed by atoms with Crippen LogP contribution in [0.5, 0.6) is 0 Å². The lowest BCUT2D eigenvalue weighted by atomic mass is 10.1. The first-order valence-electron chi connectivity index (χ1n) is 8.27. The quantitative estimate of drug-likeness (QED) is 0.699. The van der Waals surface area contributed by atoms with Crippen molar-refractivity contribution in [2.45, 2.75) is 17.7 Å². The molecule has 2 N–H and O–H groups in total. The van der Waals surface area contributed by atoms with Crippen molar-refractivity contribution in [1.29, 1.82) is 0 Å². The molecule has 136 valence electrons. The van der Waals surface area contributed by atoms with Gasteiger partial charge in [-0.3, -0.25) is 4.79 Å². The maximum atomic E-state index is 12.3. The summed E-state index contributed by atoms with van der Waals surface area (Å²) in [7, 11) is -0.0970. The van der Waals surface area contributed by atoms with Crippen LogP contribution in [0.2, 0.25) is 0 Å². The highest BCUT2D eigenvalue weighted by atomic mass is 32.2. The van der Waals surface area contributed by atoms with Gasteiger partial charge >= 0.3 is 0 Å². The molecule has 26 heavy (non-hydrogen) atoms. The van der Waals surface area contributed by atoms with Crippen LogP contribution in [0.1, 0.15) is 12.0 Å². The van der Waals surface area contributed by atoms with Gasteiger partial charge in [-0.1, -0.05) is 18.2 Å². The minimum atomic E-state index is -3.44. The third-order valence-electron chi connectivity index (χ3n) is 4.35. The van der Waals surface area contributed by atoms with Crippen LogP contribution in [0, 0.1) is 0 Å². The monoisotopic (exact) mass is 371 g/mol. The number of aromatic nitrogens is 1. The number of benzene rings is 2. The van der Waals surface area contributed by atoms with Gasteiger partial charge in [0.05, 0.1) is 10.6 Å². The van der Waals surface area contributed by atoms with Gasteiger partial charge < -0.3 is 9.88 Å². The summed E-state index contributed by atoms with van der Waals surface area (Å²) in [5, 5.41) is 3.96. The van der Waals surface area contributed by atoms with Crippen LogP contribution in [-0.4, -0.2) is 25.9 Å². The molecule has 0 spiro atoms. The fourth-order valence-corrected chi connectivity index (χ4v) is 3.57.